The zero-order valence-electron chi connectivity index (χ0n) is 10.3. The van der Waals surface area contributed by atoms with Crippen molar-refractivity contribution in [1.82, 2.24) is 4.98 Å². The van der Waals surface area contributed by atoms with Crippen LogP contribution in [0.5, 0.6) is 0 Å². The second kappa shape index (κ2) is 6.62. The normalized spacial score (nSPS) is 11.9. The minimum absolute atomic E-state index is 0.297. The zero-order chi connectivity index (χ0) is 14.4. The van der Waals surface area contributed by atoms with Crippen LogP contribution in [0, 0.1) is 15.9 Å². The summed E-state index contributed by atoms with van der Waals surface area (Å²) < 4.78 is 13.5. The molecule has 1 aromatic heterocycles. The third-order valence-electron chi connectivity index (χ3n) is 2.49. The lowest BCUT2D eigenvalue weighted by molar-refractivity contribution is -0.385. The molecule has 0 aliphatic heterocycles. The highest BCUT2D eigenvalue weighted by Gasteiger charge is 2.20. The number of pyridine rings is 1. The Bertz CT molecular complexity index is 481. The molecule has 1 heterocycles. The van der Waals surface area contributed by atoms with Crippen LogP contribution in [0.15, 0.2) is 12.3 Å². The van der Waals surface area contributed by atoms with E-state index in [1.54, 1.807) is 0 Å². The van der Waals surface area contributed by atoms with Gasteiger partial charge in [-0.3, -0.25) is 10.1 Å². The number of carbonyl (C=O) groups is 1. The van der Waals surface area contributed by atoms with Gasteiger partial charge in [0.05, 0.1) is 11.0 Å². The Kier molecular flexibility index (Phi) is 5.16. The fourth-order valence-electron chi connectivity index (χ4n) is 1.46. The first kappa shape index (κ1) is 14.8. The molecule has 19 heavy (non-hydrogen) atoms. The number of nitrogens with one attached hydrogen (secondary N) is 1. The number of nitro groups is 1. The Morgan fingerprint density at radius 1 is 1.68 bits per heavy atom. The summed E-state index contributed by atoms with van der Waals surface area (Å²) >= 11 is 0. The molecule has 1 atom stereocenters. The first-order valence-electron chi connectivity index (χ1n) is 5.75. The average molecular weight is 271 g/mol. The third-order valence-corrected chi connectivity index (χ3v) is 2.49. The molecule has 0 saturated carbocycles. The molecule has 0 fully saturated rings. The molecular weight excluding hydrogens is 257 g/mol. The number of hydrogen-bond donors (Lipinski definition) is 2. The molecule has 0 bridgehead atoms. The van der Waals surface area contributed by atoms with E-state index < -0.39 is 28.4 Å². The van der Waals surface area contributed by atoms with Crippen molar-refractivity contribution in [3.05, 3.63) is 28.2 Å². The molecule has 0 aliphatic carbocycles. The largest absolute Gasteiger partial charge is 0.480 e. The van der Waals surface area contributed by atoms with Crippen molar-refractivity contribution in [3.63, 3.8) is 0 Å². The van der Waals surface area contributed by atoms with Crippen molar-refractivity contribution < 1.29 is 19.2 Å². The van der Waals surface area contributed by atoms with Crippen LogP contribution in [0.2, 0.25) is 0 Å². The van der Waals surface area contributed by atoms with Gasteiger partial charge in [-0.15, -0.1) is 0 Å². The van der Waals surface area contributed by atoms with E-state index in [-0.39, 0.29) is 5.82 Å². The predicted octanol–water partition coefficient (Wildman–Crippen LogP) is 2.18. The maximum absolute atomic E-state index is 13.5. The Morgan fingerprint density at radius 3 is 2.84 bits per heavy atom. The van der Waals surface area contributed by atoms with Gasteiger partial charge in [0.15, 0.2) is 11.6 Å². The summed E-state index contributed by atoms with van der Waals surface area (Å²) in [5.41, 5.74) is -0.483. The molecule has 0 amide bonds. The van der Waals surface area contributed by atoms with Gasteiger partial charge in [0.25, 0.3) is 5.69 Å². The average Bonchev–Trinajstić information content (AvgIpc) is 2.35. The number of carboxylic acids is 1. The number of rotatable bonds is 7. The van der Waals surface area contributed by atoms with Gasteiger partial charge in [0, 0.05) is 0 Å². The van der Waals surface area contributed by atoms with Gasteiger partial charge >= 0.3 is 5.97 Å². The fourth-order valence-corrected chi connectivity index (χ4v) is 1.46. The van der Waals surface area contributed by atoms with Crippen molar-refractivity contribution in [2.45, 2.75) is 32.2 Å². The summed E-state index contributed by atoms with van der Waals surface area (Å²) in [7, 11) is 0. The maximum atomic E-state index is 13.5. The van der Waals surface area contributed by atoms with Crippen molar-refractivity contribution in [1.29, 1.82) is 0 Å². The smallest absolute Gasteiger partial charge is 0.326 e. The lowest BCUT2D eigenvalue weighted by Crippen LogP contribution is -2.30. The standard InChI is InChI=1S/C11H14FN3O4/c1-2-3-4-9(11(16)17)14-10-8(12)5-7(6-13-10)15(18)19/h5-6,9H,2-4H2,1H3,(H,13,14)(H,16,17)/t9-/m0/s1. The number of anilines is 1. The SMILES string of the molecule is CCCC[C@H](Nc1ncc([N+](=O)[O-])cc1F)C(=O)O. The molecule has 0 radical (unpaired) electrons. The van der Waals surface area contributed by atoms with Gasteiger partial charge < -0.3 is 10.4 Å². The molecule has 0 aliphatic rings. The van der Waals surface area contributed by atoms with E-state index in [1.165, 1.54) is 0 Å². The Morgan fingerprint density at radius 2 is 2.37 bits per heavy atom. The fraction of sp³-hybridized carbons (Fsp3) is 0.455. The van der Waals surface area contributed by atoms with E-state index in [2.05, 4.69) is 10.3 Å². The Balaban J connectivity index is 2.84. The monoisotopic (exact) mass is 271 g/mol. The lowest BCUT2D eigenvalue weighted by atomic mass is 10.1. The Labute approximate surface area is 108 Å². The number of unbranched alkanes of at least 4 members (excludes halogenated alkanes) is 1. The van der Waals surface area contributed by atoms with Gasteiger partial charge in [-0.05, 0) is 6.42 Å². The first-order chi connectivity index (χ1) is 8.95. The number of aliphatic carboxylic acids is 1. The second-order valence-corrected chi connectivity index (χ2v) is 3.96. The van der Waals surface area contributed by atoms with Crippen LogP contribution >= 0.6 is 0 Å². The van der Waals surface area contributed by atoms with Gasteiger partial charge in [-0.2, -0.15) is 0 Å². The molecule has 2 N–H and O–H groups in total. The summed E-state index contributed by atoms with van der Waals surface area (Å²) in [4.78, 5) is 24.2. The molecule has 104 valence electrons. The minimum atomic E-state index is -1.12. The van der Waals surface area contributed by atoms with Crippen molar-refractivity contribution >= 4 is 17.5 Å². The van der Waals surface area contributed by atoms with Crippen LogP contribution < -0.4 is 5.32 Å². The van der Waals surface area contributed by atoms with E-state index in [4.69, 9.17) is 5.11 Å². The second-order valence-electron chi connectivity index (χ2n) is 3.96. The quantitative estimate of drug-likeness (QED) is 0.581. The van der Waals surface area contributed by atoms with Crippen LogP contribution in [-0.4, -0.2) is 27.0 Å². The van der Waals surface area contributed by atoms with E-state index >= 15 is 0 Å². The predicted molar refractivity (Wildman–Crippen MR) is 65.4 cm³/mol. The van der Waals surface area contributed by atoms with Gasteiger partial charge in [-0.1, -0.05) is 19.8 Å². The molecule has 8 heteroatoms. The van der Waals surface area contributed by atoms with Crippen molar-refractivity contribution in [2.24, 2.45) is 0 Å². The zero-order valence-corrected chi connectivity index (χ0v) is 10.3. The highest BCUT2D eigenvalue weighted by atomic mass is 19.1. The van der Waals surface area contributed by atoms with Gasteiger partial charge in [0.2, 0.25) is 0 Å². The number of aromatic nitrogens is 1. The summed E-state index contributed by atoms with van der Waals surface area (Å²) in [6, 6.07) is -0.267. The maximum Gasteiger partial charge on any atom is 0.326 e. The molecule has 0 unspecified atom stereocenters. The minimum Gasteiger partial charge on any atom is -0.480 e. The molecular formula is C11H14FN3O4. The third kappa shape index (κ3) is 4.16. The molecule has 0 spiro atoms. The van der Waals surface area contributed by atoms with Crippen LogP contribution in [0.3, 0.4) is 0 Å². The Hall–Kier alpha value is -2.25. The van der Waals surface area contributed by atoms with Crippen LogP contribution in [-0.2, 0) is 4.79 Å². The topological polar surface area (TPSA) is 105 Å². The van der Waals surface area contributed by atoms with Crippen LogP contribution in [0.1, 0.15) is 26.2 Å². The number of halogens is 1. The molecule has 0 saturated heterocycles. The number of hydrogen-bond acceptors (Lipinski definition) is 5. The number of carboxylic acid groups (broad SMARTS) is 1. The molecule has 0 aromatic carbocycles. The first-order valence-corrected chi connectivity index (χ1v) is 5.75. The lowest BCUT2D eigenvalue weighted by Gasteiger charge is -2.14. The van der Waals surface area contributed by atoms with Crippen LogP contribution in [0.25, 0.3) is 0 Å². The van der Waals surface area contributed by atoms with E-state index in [0.29, 0.717) is 18.9 Å². The highest BCUT2D eigenvalue weighted by molar-refractivity contribution is 5.76. The van der Waals surface area contributed by atoms with E-state index in [9.17, 15) is 19.3 Å². The summed E-state index contributed by atoms with van der Waals surface area (Å²) in [6.45, 7) is 1.91. The van der Waals surface area contributed by atoms with Gasteiger partial charge in [-0.25, -0.2) is 14.2 Å². The van der Waals surface area contributed by atoms with Crippen molar-refractivity contribution in [3.8, 4) is 0 Å². The highest BCUT2D eigenvalue weighted by Crippen LogP contribution is 2.18. The summed E-state index contributed by atoms with van der Waals surface area (Å²) in [6.07, 6.45) is 2.67. The molecule has 1 aromatic rings. The van der Waals surface area contributed by atoms with Crippen LogP contribution in [0.4, 0.5) is 15.9 Å². The van der Waals surface area contributed by atoms with Crippen molar-refractivity contribution in [2.75, 3.05) is 5.32 Å². The van der Waals surface area contributed by atoms with Gasteiger partial charge in [0.1, 0.15) is 12.2 Å². The number of nitrogens with zero attached hydrogens (tertiary/aromatic N) is 2. The summed E-state index contributed by atoms with van der Waals surface area (Å²) in [5, 5.41) is 21.8. The molecule has 1 rings (SSSR count). The summed E-state index contributed by atoms with van der Waals surface area (Å²) in [5.74, 6) is -2.36. The molecule has 7 nitrogen and oxygen atoms in total. The van der Waals surface area contributed by atoms with E-state index in [0.717, 1.165) is 12.6 Å². The van der Waals surface area contributed by atoms with E-state index in [1.807, 2.05) is 6.92 Å².